The van der Waals surface area contributed by atoms with E-state index in [0.717, 1.165) is 25.0 Å². The van der Waals surface area contributed by atoms with Crippen molar-refractivity contribution in [2.24, 2.45) is 11.8 Å². The minimum absolute atomic E-state index is 0.213. The molecule has 0 N–H and O–H groups in total. The van der Waals surface area contributed by atoms with E-state index in [1.807, 2.05) is 19.1 Å². The molecule has 0 amide bonds. The van der Waals surface area contributed by atoms with Gasteiger partial charge in [-0.05, 0) is 55.9 Å². The van der Waals surface area contributed by atoms with Gasteiger partial charge in [0.25, 0.3) is 0 Å². The third-order valence-electron chi connectivity index (χ3n) is 6.86. The Bertz CT molecular complexity index is 911. The van der Waals surface area contributed by atoms with Gasteiger partial charge >= 0.3 is 0 Å². The Morgan fingerprint density at radius 3 is 2.43 bits per heavy atom. The van der Waals surface area contributed by atoms with Crippen LogP contribution in [-0.2, 0) is 14.4 Å². The molecule has 1 heterocycles. The fourth-order valence-corrected chi connectivity index (χ4v) is 6.32. The summed E-state index contributed by atoms with van der Waals surface area (Å²) in [5, 5.41) is 0.239. The van der Waals surface area contributed by atoms with Gasteiger partial charge in [0, 0.05) is 25.6 Å². The highest BCUT2D eigenvalue weighted by Gasteiger charge is 2.37. The fourth-order valence-electron chi connectivity index (χ4n) is 3.78. The summed E-state index contributed by atoms with van der Waals surface area (Å²) in [6.45, 7) is 15.2. The molecule has 2 aliphatic rings. The Labute approximate surface area is 184 Å². The van der Waals surface area contributed by atoms with Crippen molar-refractivity contribution in [3.63, 3.8) is 0 Å². The number of benzene rings is 1. The molecule has 0 spiro atoms. The topological polar surface area (TPSA) is 46.6 Å². The number of fused-ring (bicyclic) bond motifs is 1. The number of sulfonamides is 1. The van der Waals surface area contributed by atoms with Crippen LogP contribution in [0.4, 0.5) is 0 Å². The van der Waals surface area contributed by atoms with Crippen LogP contribution in [0, 0.1) is 18.8 Å². The zero-order valence-electron chi connectivity index (χ0n) is 19.3. The zero-order chi connectivity index (χ0) is 22.2. The van der Waals surface area contributed by atoms with E-state index in [1.54, 1.807) is 16.4 Å². The molecule has 1 saturated heterocycles. The van der Waals surface area contributed by atoms with Crippen LogP contribution in [-0.4, -0.2) is 40.7 Å². The lowest BCUT2D eigenvalue weighted by Gasteiger charge is -2.36. The van der Waals surface area contributed by atoms with E-state index in [9.17, 15) is 8.42 Å². The first-order valence-electron chi connectivity index (χ1n) is 11.0. The minimum atomic E-state index is -3.44. The smallest absolute Gasteiger partial charge is 0.243 e. The van der Waals surface area contributed by atoms with Gasteiger partial charge in [-0.1, -0.05) is 62.3 Å². The molecular weight excluding hydrogens is 410 g/mol. The molecule has 4 nitrogen and oxygen atoms in total. The van der Waals surface area contributed by atoms with E-state index < -0.39 is 18.3 Å². The van der Waals surface area contributed by atoms with Crippen molar-refractivity contribution in [1.29, 1.82) is 0 Å². The van der Waals surface area contributed by atoms with Gasteiger partial charge in [0.15, 0.2) is 8.32 Å². The first kappa shape index (κ1) is 23.5. The molecule has 166 valence electrons. The SMILES string of the molecule is Cc1ccc(S(=O)(=O)N2CC3=C[C@@H](CCCO[Si](C)(C)C(C)(C)C)C=C[C@H]3C2)cc1. The summed E-state index contributed by atoms with van der Waals surface area (Å²) in [7, 11) is -5.13. The molecule has 0 bridgehead atoms. The van der Waals surface area contributed by atoms with Gasteiger partial charge < -0.3 is 4.43 Å². The predicted molar refractivity (Wildman–Crippen MR) is 127 cm³/mol. The molecular formula is C24H37NO3SSi. The predicted octanol–water partition coefficient (Wildman–Crippen LogP) is 5.53. The Kier molecular flexibility index (Phi) is 6.82. The standard InChI is InChI=1S/C24H37NO3SSi/c1-19-9-13-23(14-10-19)29(26,27)25-17-21-12-11-20(16-22(21)18-25)8-7-15-28-30(5,6)24(2,3)4/h9-14,16,20-21H,7-8,15,17-18H2,1-6H3/t20-,21-/m0/s1. The molecule has 30 heavy (non-hydrogen) atoms. The van der Waals surface area contributed by atoms with Gasteiger partial charge in [0.05, 0.1) is 4.90 Å². The summed E-state index contributed by atoms with van der Waals surface area (Å²) < 4.78 is 34.0. The molecule has 3 rings (SSSR count). The summed E-state index contributed by atoms with van der Waals surface area (Å²) in [5.41, 5.74) is 2.30. The van der Waals surface area contributed by atoms with E-state index in [4.69, 9.17) is 4.43 Å². The highest BCUT2D eigenvalue weighted by molar-refractivity contribution is 7.89. The monoisotopic (exact) mass is 447 g/mol. The maximum Gasteiger partial charge on any atom is 0.243 e. The number of allylic oxidation sites excluding steroid dienone is 2. The summed E-state index contributed by atoms with van der Waals surface area (Å²) in [4.78, 5) is 0.385. The lowest BCUT2D eigenvalue weighted by atomic mass is 9.88. The van der Waals surface area contributed by atoms with Crippen LogP contribution in [0.3, 0.4) is 0 Å². The number of hydrogen-bond acceptors (Lipinski definition) is 3. The normalized spacial score (nSPS) is 22.8. The quantitative estimate of drug-likeness (QED) is 0.314. The molecule has 0 saturated carbocycles. The van der Waals surface area contributed by atoms with Crippen molar-refractivity contribution < 1.29 is 12.8 Å². The Morgan fingerprint density at radius 1 is 1.13 bits per heavy atom. The fraction of sp³-hybridized carbons (Fsp3) is 0.583. The highest BCUT2D eigenvalue weighted by atomic mass is 32.2. The summed E-state index contributed by atoms with van der Waals surface area (Å²) in [6.07, 6.45) is 8.83. The number of nitrogens with zero attached hydrogens (tertiary/aromatic N) is 1. The molecule has 1 aromatic carbocycles. The molecule has 0 unspecified atom stereocenters. The van der Waals surface area contributed by atoms with E-state index in [1.165, 1.54) is 5.57 Å². The Morgan fingerprint density at radius 2 is 1.80 bits per heavy atom. The second-order valence-corrected chi connectivity index (χ2v) is 17.0. The van der Waals surface area contributed by atoms with E-state index in [0.29, 0.717) is 23.9 Å². The maximum atomic E-state index is 13.0. The van der Waals surface area contributed by atoms with Crippen LogP contribution < -0.4 is 0 Å². The molecule has 1 aliphatic heterocycles. The highest BCUT2D eigenvalue weighted by Crippen LogP contribution is 2.37. The second kappa shape index (κ2) is 8.73. The van der Waals surface area contributed by atoms with E-state index in [-0.39, 0.29) is 11.0 Å². The van der Waals surface area contributed by atoms with Crippen molar-refractivity contribution in [2.45, 2.75) is 63.6 Å². The van der Waals surface area contributed by atoms with Crippen molar-refractivity contribution in [3.8, 4) is 0 Å². The second-order valence-electron chi connectivity index (χ2n) is 10.3. The molecule has 1 fully saturated rings. The number of rotatable bonds is 7. The first-order chi connectivity index (χ1) is 13.9. The van der Waals surface area contributed by atoms with Crippen molar-refractivity contribution in [2.75, 3.05) is 19.7 Å². The average molecular weight is 448 g/mol. The van der Waals surface area contributed by atoms with Crippen LogP contribution in [0.1, 0.15) is 39.2 Å². The molecule has 0 radical (unpaired) electrons. The Balaban J connectivity index is 1.56. The van der Waals surface area contributed by atoms with Crippen LogP contribution in [0.25, 0.3) is 0 Å². The Hall–Kier alpha value is -1.21. The first-order valence-corrected chi connectivity index (χ1v) is 15.3. The van der Waals surface area contributed by atoms with E-state index >= 15 is 0 Å². The molecule has 1 aromatic rings. The lowest BCUT2D eigenvalue weighted by molar-refractivity contribution is 0.276. The van der Waals surface area contributed by atoms with E-state index in [2.05, 4.69) is 52.1 Å². The molecule has 1 aliphatic carbocycles. The van der Waals surface area contributed by atoms with Crippen LogP contribution in [0.5, 0.6) is 0 Å². The van der Waals surface area contributed by atoms with Gasteiger partial charge in [0.1, 0.15) is 0 Å². The average Bonchev–Trinajstić information content (AvgIpc) is 3.09. The van der Waals surface area contributed by atoms with Crippen LogP contribution in [0.15, 0.2) is 53.0 Å². The number of aryl methyl sites for hydroxylation is 1. The summed E-state index contributed by atoms with van der Waals surface area (Å²) in [6, 6.07) is 7.14. The van der Waals surface area contributed by atoms with Gasteiger partial charge in [0.2, 0.25) is 10.0 Å². The van der Waals surface area contributed by atoms with Crippen molar-refractivity contribution in [1.82, 2.24) is 4.31 Å². The largest absolute Gasteiger partial charge is 0.417 e. The summed E-state index contributed by atoms with van der Waals surface area (Å²) >= 11 is 0. The van der Waals surface area contributed by atoms with Gasteiger partial charge in [-0.2, -0.15) is 4.31 Å². The van der Waals surface area contributed by atoms with Gasteiger partial charge in [-0.15, -0.1) is 0 Å². The minimum Gasteiger partial charge on any atom is -0.417 e. The molecule has 2 atom stereocenters. The third kappa shape index (κ3) is 5.15. The van der Waals surface area contributed by atoms with Gasteiger partial charge in [-0.3, -0.25) is 0 Å². The van der Waals surface area contributed by atoms with Gasteiger partial charge in [-0.25, -0.2) is 8.42 Å². The third-order valence-corrected chi connectivity index (χ3v) is 13.2. The lowest BCUT2D eigenvalue weighted by Crippen LogP contribution is -2.41. The summed E-state index contributed by atoms with van der Waals surface area (Å²) in [5.74, 6) is 0.589. The van der Waals surface area contributed by atoms with Crippen molar-refractivity contribution >= 4 is 18.3 Å². The van der Waals surface area contributed by atoms with Crippen molar-refractivity contribution in [3.05, 3.63) is 53.6 Å². The van der Waals surface area contributed by atoms with Crippen LogP contribution in [0.2, 0.25) is 18.1 Å². The molecule has 6 heteroatoms. The zero-order valence-corrected chi connectivity index (χ0v) is 21.1. The van der Waals surface area contributed by atoms with Crippen LogP contribution >= 0.6 is 0 Å². The molecule has 0 aromatic heterocycles. The number of hydrogen-bond donors (Lipinski definition) is 0. The maximum absolute atomic E-state index is 13.0.